The molecule has 1 aromatic carbocycles. The van der Waals surface area contributed by atoms with Crippen molar-refractivity contribution in [1.29, 1.82) is 0 Å². The van der Waals surface area contributed by atoms with Gasteiger partial charge in [-0.15, -0.1) is 0 Å². The third kappa shape index (κ3) is 2.69. The van der Waals surface area contributed by atoms with Crippen LogP contribution in [-0.2, 0) is 17.1 Å². The van der Waals surface area contributed by atoms with Gasteiger partial charge in [-0.25, -0.2) is 17.2 Å². The van der Waals surface area contributed by atoms with E-state index in [1.807, 2.05) is 0 Å². The molecule has 0 atom stereocenters. The standard InChI is InChI=1S/C10H8ClF2N3O2S/c1-16-5-6(4-14-16)15-19(17,18)10-7(11)2-3-8(12)9(10)13/h2-5,15H,1H3. The van der Waals surface area contributed by atoms with Crippen LogP contribution >= 0.6 is 11.6 Å². The predicted molar refractivity (Wildman–Crippen MR) is 65.4 cm³/mol. The van der Waals surface area contributed by atoms with Crippen LogP contribution in [0.25, 0.3) is 0 Å². The Balaban J connectivity index is 2.48. The van der Waals surface area contributed by atoms with Gasteiger partial charge in [0.25, 0.3) is 10.0 Å². The number of hydrogen-bond donors (Lipinski definition) is 1. The van der Waals surface area contributed by atoms with Crippen LogP contribution in [0.3, 0.4) is 0 Å². The van der Waals surface area contributed by atoms with Crippen LogP contribution in [-0.4, -0.2) is 18.2 Å². The maximum absolute atomic E-state index is 13.6. The summed E-state index contributed by atoms with van der Waals surface area (Å²) in [6, 6.07) is 1.72. The Morgan fingerprint density at radius 1 is 1.37 bits per heavy atom. The molecule has 5 nitrogen and oxygen atoms in total. The third-order valence-corrected chi connectivity index (χ3v) is 4.10. The van der Waals surface area contributed by atoms with Crippen molar-refractivity contribution in [2.24, 2.45) is 7.05 Å². The Bertz CT molecular complexity index is 730. The van der Waals surface area contributed by atoms with Crippen molar-refractivity contribution in [1.82, 2.24) is 9.78 Å². The highest BCUT2D eigenvalue weighted by Crippen LogP contribution is 2.27. The van der Waals surface area contributed by atoms with E-state index in [4.69, 9.17) is 11.6 Å². The van der Waals surface area contributed by atoms with Gasteiger partial charge < -0.3 is 0 Å². The Kier molecular flexibility index (Phi) is 3.46. The Morgan fingerprint density at radius 2 is 2.05 bits per heavy atom. The molecule has 0 saturated carbocycles. The van der Waals surface area contributed by atoms with Gasteiger partial charge >= 0.3 is 0 Å². The molecule has 0 radical (unpaired) electrons. The second-order valence-corrected chi connectivity index (χ2v) is 5.71. The first-order valence-corrected chi connectivity index (χ1v) is 6.82. The van der Waals surface area contributed by atoms with Crippen LogP contribution in [0, 0.1) is 11.6 Å². The molecule has 0 aliphatic carbocycles. The van der Waals surface area contributed by atoms with Gasteiger partial charge in [0, 0.05) is 13.2 Å². The summed E-state index contributed by atoms with van der Waals surface area (Å²) in [6.45, 7) is 0. The molecule has 9 heteroatoms. The molecule has 2 rings (SSSR count). The first-order chi connectivity index (χ1) is 8.81. The van der Waals surface area contributed by atoms with E-state index in [0.29, 0.717) is 0 Å². The summed E-state index contributed by atoms with van der Waals surface area (Å²) in [5, 5.41) is 3.34. The van der Waals surface area contributed by atoms with Gasteiger partial charge in [0.05, 0.1) is 16.9 Å². The molecule has 0 aliphatic heterocycles. The van der Waals surface area contributed by atoms with E-state index in [-0.39, 0.29) is 5.69 Å². The molecule has 0 fully saturated rings. The van der Waals surface area contributed by atoms with Crippen molar-refractivity contribution in [3.8, 4) is 0 Å². The summed E-state index contributed by atoms with van der Waals surface area (Å²) in [5.74, 6) is -2.82. The molecule has 0 amide bonds. The molecule has 0 bridgehead atoms. The fraction of sp³-hybridized carbons (Fsp3) is 0.100. The van der Waals surface area contributed by atoms with Gasteiger partial charge in [0.1, 0.15) is 4.90 Å². The number of halogens is 3. The molecule has 1 heterocycles. The highest BCUT2D eigenvalue weighted by atomic mass is 35.5. The van der Waals surface area contributed by atoms with Crippen LogP contribution in [0.1, 0.15) is 0 Å². The number of aromatic nitrogens is 2. The first kappa shape index (κ1) is 13.8. The van der Waals surface area contributed by atoms with E-state index in [9.17, 15) is 17.2 Å². The number of benzene rings is 1. The quantitative estimate of drug-likeness (QED) is 0.884. The minimum atomic E-state index is -4.33. The first-order valence-electron chi connectivity index (χ1n) is 4.96. The predicted octanol–water partition coefficient (Wildman–Crippen LogP) is 2.15. The number of hydrogen-bond acceptors (Lipinski definition) is 3. The summed E-state index contributed by atoms with van der Waals surface area (Å²) in [5.41, 5.74) is 0.113. The summed E-state index contributed by atoms with van der Waals surface area (Å²) in [6.07, 6.45) is 2.59. The fourth-order valence-electron chi connectivity index (χ4n) is 1.43. The zero-order valence-electron chi connectivity index (χ0n) is 9.56. The third-order valence-electron chi connectivity index (χ3n) is 2.23. The van der Waals surface area contributed by atoms with Crippen LogP contribution in [0.15, 0.2) is 29.4 Å². The monoisotopic (exact) mass is 307 g/mol. The topological polar surface area (TPSA) is 64.0 Å². The molecule has 1 aromatic heterocycles. The number of rotatable bonds is 3. The van der Waals surface area contributed by atoms with Crippen LogP contribution in [0.5, 0.6) is 0 Å². The highest BCUT2D eigenvalue weighted by molar-refractivity contribution is 7.92. The van der Waals surface area contributed by atoms with E-state index in [2.05, 4.69) is 9.82 Å². The van der Waals surface area contributed by atoms with Crippen molar-refractivity contribution in [2.75, 3.05) is 4.72 Å². The second kappa shape index (κ2) is 4.78. The number of anilines is 1. The minimum Gasteiger partial charge on any atom is -0.276 e. The van der Waals surface area contributed by atoms with Crippen molar-refractivity contribution < 1.29 is 17.2 Å². The zero-order chi connectivity index (χ0) is 14.2. The van der Waals surface area contributed by atoms with E-state index in [1.165, 1.54) is 17.1 Å². The lowest BCUT2D eigenvalue weighted by Gasteiger charge is -2.09. The number of sulfonamides is 1. The maximum Gasteiger partial charge on any atom is 0.266 e. The van der Waals surface area contributed by atoms with Crippen LogP contribution in [0.2, 0.25) is 5.02 Å². The molecule has 0 spiro atoms. The van der Waals surface area contributed by atoms with Gasteiger partial charge in [-0.3, -0.25) is 9.40 Å². The van der Waals surface area contributed by atoms with Gasteiger partial charge in [0.15, 0.2) is 11.6 Å². The van der Waals surface area contributed by atoms with E-state index < -0.39 is 31.6 Å². The smallest absolute Gasteiger partial charge is 0.266 e. The van der Waals surface area contributed by atoms with Crippen molar-refractivity contribution >= 4 is 27.3 Å². The summed E-state index contributed by atoms with van der Waals surface area (Å²) in [7, 11) is -2.76. The average molecular weight is 308 g/mol. The van der Waals surface area contributed by atoms with Crippen molar-refractivity contribution in [3.05, 3.63) is 41.2 Å². The maximum atomic E-state index is 13.6. The van der Waals surface area contributed by atoms with E-state index >= 15 is 0 Å². The summed E-state index contributed by atoms with van der Waals surface area (Å²) < 4.78 is 54.0. The molecule has 0 unspecified atom stereocenters. The van der Waals surface area contributed by atoms with Crippen LogP contribution < -0.4 is 4.72 Å². The molecule has 1 N–H and O–H groups in total. The lowest BCUT2D eigenvalue weighted by atomic mass is 10.3. The number of nitrogens with one attached hydrogen (secondary N) is 1. The largest absolute Gasteiger partial charge is 0.276 e. The van der Waals surface area contributed by atoms with Crippen molar-refractivity contribution in [3.63, 3.8) is 0 Å². The highest BCUT2D eigenvalue weighted by Gasteiger charge is 2.25. The van der Waals surface area contributed by atoms with Gasteiger partial charge in [-0.1, -0.05) is 11.6 Å². The Labute approximate surface area is 112 Å². The lowest BCUT2D eigenvalue weighted by Crippen LogP contribution is -2.15. The summed E-state index contributed by atoms with van der Waals surface area (Å²) >= 11 is 5.61. The molecular weight excluding hydrogens is 300 g/mol. The van der Waals surface area contributed by atoms with E-state index in [0.717, 1.165) is 12.1 Å². The normalized spacial score (nSPS) is 11.6. The summed E-state index contributed by atoms with van der Waals surface area (Å²) in [4.78, 5) is -0.932. The van der Waals surface area contributed by atoms with Gasteiger partial charge in [0.2, 0.25) is 0 Å². The SMILES string of the molecule is Cn1cc(NS(=O)(=O)c2c(Cl)ccc(F)c2F)cn1. The van der Waals surface area contributed by atoms with Gasteiger partial charge in [-0.05, 0) is 12.1 Å². The minimum absolute atomic E-state index is 0.113. The Morgan fingerprint density at radius 3 is 2.63 bits per heavy atom. The number of aryl methyl sites for hydroxylation is 1. The molecule has 19 heavy (non-hydrogen) atoms. The van der Waals surface area contributed by atoms with Crippen LogP contribution in [0.4, 0.5) is 14.5 Å². The molecule has 0 aliphatic rings. The molecule has 102 valence electrons. The number of nitrogens with zero attached hydrogens (tertiary/aromatic N) is 2. The lowest BCUT2D eigenvalue weighted by molar-refractivity contribution is 0.485. The molecule has 0 saturated heterocycles. The van der Waals surface area contributed by atoms with Crippen molar-refractivity contribution in [2.45, 2.75) is 4.90 Å². The van der Waals surface area contributed by atoms with Gasteiger partial charge in [-0.2, -0.15) is 5.10 Å². The fourth-order valence-corrected chi connectivity index (χ4v) is 3.06. The zero-order valence-corrected chi connectivity index (χ0v) is 11.1. The molecular formula is C10H8ClF2N3O2S. The second-order valence-electron chi connectivity index (χ2n) is 3.68. The average Bonchev–Trinajstić information content (AvgIpc) is 2.68. The molecule has 2 aromatic rings. The Hall–Kier alpha value is -1.67. The van der Waals surface area contributed by atoms with E-state index in [1.54, 1.807) is 7.05 Å².